The standard InChI is InChI=1S/C18H21N3O3/c1-4-23-18(22)17-14(3)20-12-21(17)15-7-5-6-8-16(15)24-11-13(2)9-10-19/h5-8,12-13H,4,9,11H2,1-3H3. The Labute approximate surface area is 141 Å². The third-order valence-electron chi connectivity index (χ3n) is 3.51. The van der Waals surface area contributed by atoms with E-state index in [9.17, 15) is 4.79 Å². The van der Waals surface area contributed by atoms with Gasteiger partial charge in [0.1, 0.15) is 12.1 Å². The van der Waals surface area contributed by atoms with Crippen LogP contribution in [0.1, 0.15) is 36.5 Å². The van der Waals surface area contributed by atoms with E-state index >= 15 is 0 Å². The highest BCUT2D eigenvalue weighted by atomic mass is 16.5. The Morgan fingerprint density at radius 3 is 2.88 bits per heavy atom. The number of hydrogen-bond donors (Lipinski definition) is 0. The molecule has 0 amide bonds. The van der Waals surface area contributed by atoms with E-state index in [0.29, 0.717) is 42.5 Å². The summed E-state index contributed by atoms with van der Waals surface area (Å²) in [6.45, 7) is 6.21. The maximum atomic E-state index is 12.2. The second kappa shape index (κ2) is 8.16. The van der Waals surface area contributed by atoms with Gasteiger partial charge in [0.05, 0.1) is 30.7 Å². The zero-order valence-corrected chi connectivity index (χ0v) is 14.2. The van der Waals surface area contributed by atoms with Gasteiger partial charge in [0.15, 0.2) is 5.69 Å². The number of rotatable bonds is 7. The molecule has 126 valence electrons. The van der Waals surface area contributed by atoms with Crippen molar-refractivity contribution in [2.24, 2.45) is 5.92 Å². The van der Waals surface area contributed by atoms with Gasteiger partial charge >= 0.3 is 5.97 Å². The first-order chi connectivity index (χ1) is 11.6. The van der Waals surface area contributed by atoms with Crippen molar-refractivity contribution >= 4 is 5.97 Å². The fraction of sp³-hybridized carbons (Fsp3) is 0.389. The van der Waals surface area contributed by atoms with Gasteiger partial charge in [-0.05, 0) is 26.0 Å². The summed E-state index contributed by atoms with van der Waals surface area (Å²) in [4.78, 5) is 16.4. The average molecular weight is 327 g/mol. The number of esters is 1. The normalized spacial score (nSPS) is 11.6. The Hall–Kier alpha value is -2.81. The third-order valence-corrected chi connectivity index (χ3v) is 3.51. The van der Waals surface area contributed by atoms with Crippen molar-refractivity contribution in [3.8, 4) is 17.5 Å². The maximum Gasteiger partial charge on any atom is 0.357 e. The van der Waals surface area contributed by atoms with Gasteiger partial charge in [-0.2, -0.15) is 5.26 Å². The summed E-state index contributed by atoms with van der Waals surface area (Å²) in [5.41, 5.74) is 1.70. The van der Waals surface area contributed by atoms with Gasteiger partial charge in [-0.3, -0.25) is 4.57 Å². The van der Waals surface area contributed by atoms with Gasteiger partial charge in [0.25, 0.3) is 0 Å². The Morgan fingerprint density at radius 2 is 2.17 bits per heavy atom. The van der Waals surface area contributed by atoms with E-state index in [1.807, 2.05) is 31.2 Å². The predicted molar refractivity (Wildman–Crippen MR) is 89.1 cm³/mol. The molecule has 0 bridgehead atoms. The molecule has 6 heteroatoms. The first kappa shape index (κ1) is 17.5. The molecule has 2 aromatic rings. The van der Waals surface area contributed by atoms with Crippen molar-refractivity contribution in [3.63, 3.8) is 0 Å². The van der Waals surface area contributed by atoms with Crippen LogP contribution in [0.2, 0.25) is 0 Å². The molecule has 1 aromatic heterocycles. The topological polar surface area (TPSA) is 77.1 Å². The molecule has 0 aliphatic rings. The van der Waals surface area contributed by atoms with Crippen molar-refractivity contribution in [1.29, 1.82) is 5.26 Å². The lowest BCUT2D eigenvalue weighted by molar-refractivity contribution is 0.0516. The lowest BCUT2D eigenvalue weighted by Crippen LogP contribution is -2.14. The Balaban J connectivity index is 2.33. The summed E-state index contributed by atoms with van der Waals surface area (Å²) in [5.74, 6) is 0.336. The Bertz CT molecular complexity index is 746. The molecular formula is C18H21N3O3. The first-order valence-electron chi connectivity index (χ1n) is 7.88. The molecule has 0 saturated heterocycles. The molecule has 24 heavy (non-hydrogen) atoms. The number of ether oxygens (including phenoxy) is 2. The largest absolute Gasteiger partial charge is 0.491 e. The van der Waals surface area contributed by atoms with Gasteiger partial charge in [-0.1, -0.05) is 19.1 Å². The minimum Gasteiger partial charge on any atom is -0.491 e. The molecular weight excluding hydrogens is 306 g/mol. The number of carbonyl (C=O) groups excluding carboxylic acids is 1. The van der Waals surface area contributed by atoms with Crippen LogP contribution in [0.25, 0.3) is 5.69 Å². The first-order valence-corrected chi connectivity index (χ1v) is 7.88. The lowest BCUT2D eigenvalue weighted by Gasteiger charge is -2.15. The van der Waals surface area contributed by atoms with Crippen LogP contribution < -0.4 is 4.74 Å². The van der Waals surface area contributed by atoms with E-state index in [4.69, 9.17) is 14.7 Å². The van der Waals surface area contributed by atoms with Crippen LogP contribution in [0, 0.1) is 24.2 Å². The summed E-state index contributed by atoms with van der Waals surface area (Å²) < 4.78 is 12.7. The monoisotopic (exact) mass is 327 g/mol. The van der Waals surface area contributed by atoms with Crippen LogP contribution in [0.15, 0.2) is 30.6 Å². The summed E-state index contributed by atoms with van der Waals surface area (Å²) in [6.07, 6.45) is 2.02. The zero-order valence-electron chi connectivity index (χ0n) is 14.2. The number of imidazole rings is 1. The van der Waals surface area contributed by atoms with Crippen LogP contribution in [-0.4, -0.2) is 28.7 Å². The maximum absolute atomic E-state index is 12.2. The van der Waals surface area contributed by atoms with E-state index in [2.05, 4.69) is 11.1 Å². The predicted octanol–water partition coefficient (Wildman–Crippen LogP) is 3.29. The number of carbonyl (C=O) groups is 1. The molecule has 6 nitrogen and oxygen atoms in total. The third kappa shape index (κ3) is 3.93. The number of hydrogen-bond acceptors (Lipinski definition) is 5. The van der Waals surface area contributed by atoms with Crippen molar-refractivity contribution in [2.45, 2.75) is 27.2 Å². The summed E-state index contributed by atoms with van der Waals surface area (Å²) in [5, 5.41) is 8.75. The van der Waals surface area contributed by atoms with Crippen LogP contribution in [0.5, 0.6) is 5.75 Å². The molecule has 0 fully saturated rings. The molecule has 0 N–H and O–H groups in total. The van der Waals surface area contributed by atoms with Crippen LogP contribution in [0.4, 0.5) is 0 Å². The Morgan fingerprint density at radius 1 is 1.42 bits per heavy atom. The number of benzene rings is 1. The van der Waals surface area contributed by atoms with Crippen molar-refractivity contribution in [3.05, 3.63) is 42.0 Å². The highest BCUT2D eigenvalue weighted by Crippen LogP contribution is 2.26. The van der Waals surface area contributed by atoms with Gasteiger partial charge in [0, 0.05) is 12.3 Å². The SMILES string of the molecule is CCOC(=O)c1c(C)ncn1-c1ccccc1OCC(C)CC#N. The van der Waals surface area contributed by atoms with E-state index in [1.165, 1.54) is 0 Å². The Kier molecular flexibility index (Phi) is 5.96. The van der Waals surface area contributed by atoms with Crippen LogP contribution in [-0.2, 0) is 4.74 Å². The molecule has 1 aromatic carbocycles. The van der Waals surface area contributed by atoms with Gasteiger partial charge in [0.2, 0.25) is 0 Å². The summed E-state index contributed by atoms with van der Waals surface area (Å²) in [6, 6.07) is 9.55. The second-order valence-electron chi connectivity index (χ2n) is 5.52. The van der Waals surface area contributed by atoms with Crippen molar-refractivity contribution in [2.75, 3.05) is 13.2 Å². The summed E-state index contributed by atoms with van der Waals surface area (Å²) >= 11 is 0. The minimum absolute atomic E-state index is 0.122. The number of para-hydroxylation sites is 2. The van der Waals surface area contributed by atoms with Crippen molar-refractivity contribution < 1.29 is 14.3 Å². The molecule has 1 unspecified atom stereocenters. The molecule has 0 aliphatic carbocycles. The van der Waals surface area contributed by atoms with Gasteiger partial charge in [-0.15, -0.1) is 0 Å². The minimum atomic E-state index is -0.417. The second-order valence-corrected chi connectivity index (χ2v) is 5.52. The van der Waals surface area contributed by atoms with E-state index in [-0.39, 0.29) is 5.92 Å². The number of aromatic nitrogens is 2. The fourth-order valence-corrected chi connectivity index (χ4v) is 2.29. The molecule has 0 radical (unpaired) electrons. The van der Waals surface area contributed by atoms with E-state index in [0.717, 1.165) is 0 Å². The molecule has 1 heterocycles. The molecule has 1 atom stereocenters. The van der Waals surface area contributed by atoms with E-state index < -0.39 is 5.97 Å². The van der Waals surface area contributed by atoms with Crippen molar-refractivity contribution in [1.82, 2.24) is 9.55 Å². The molecule has 0 aliphatic heterocycles. The van der Waals surface area contributed by atoms with Crippen LogP contribution in [0.3, 0.4) is 0 Å². The highest BCUT2D eigenvalue weighted by molar-refractivity contribution is 5.89. The quantitative estimate of drug-likeness (QED) is 0.729. The lowest BCUT2D eigenvalue weighted by atomic mass is 10.1. The average Bonchev–Trinajstić information content (AvgIpc) is 2.95. The van der Waals surface area contributed by atoms with Crippen LogP contribution >= 0.6 is 0 Å². The summed E-state index contributed by atoms with van der Waals surface area (Å²) in [7, 11) is 0. The van der Waals surface area contributed by atoms with Gasteiger partial charge < -0.3 is 9.47 Å². The zero-order chi connectivity index (χ0) is 17.5. The number of nitrogens with zero attached hydrogens (tertiary/aromatic N) is 3. The number of nitriles is 1. The molecule has 2 rings (SSSR count). The number of aryl methyl sites for hydroxylation is 1. The molecule has 0 spiro atoms. The fourth-order valence-electron chi connectivity index (χ4n) is 2.29. The molecule has 0 saturated carbocycles. The highest BCUT2D eigenvalue weighted by Gasteiger charge is 2.20. The van der Waals surface area contributed by atoms with Gasteiger partial charge in [-0.25, -0.2) is 9.78 Å². The smallest absolute Gasteiger partial charge is 0.357 e. The van der Waals surface area contributed by atoms with E-state index in [1.54, 1.807) is 24.7 Å².